The summed E-state index contributed by atoms with van der Waals surface area (Å²) in [6.07, 6.45) is 4.54. The van der Waals surface area contributed by atoms with Gasteiger partial charge in [0.15, 0.2) is 5.96 Å². The highest BCUT2D eigenvalue weighted by molar-refractivity contribution is 7.09. The molecule has 0 aromatic carbocycles. The number of thiazole rings is 1. The Hall–Kier alpha value is -1.18. The summed E-state index contributed by atoms with van der Waals surface area (Å²) in [5.41, 5.74) is 1.04. The Labute approximate surface area is 149 Å². The van der Waals surface area contributed by atoms with Gasteiger partial charge in [-0.3, -0.25) is 0 Å². The molecular formula is C17H30N4O2S. The SMILES string of the molecule is CCNC(=NCc1csc(CC)n1)NCCCOCC1CCCO1. The molecule has 1 aliphatic heterocycles. The van der Waals surface area contributed by atoms with Crippen LogP contribution in [0.1, 0.15) is 43.8 Å². The molecule has 2 heterocycles. The van der Waals surface area contributed by atoms with Gasteiger partial charge in [-0.25, -0.2) is 9.98 Å². The van der Waals surface area contributed by atoms with E-state index in [9.17, 15) is 0 Å². The van der Waals surface area contributed by atoms with Gasteiger partial charge in [0.2, 0.25) is 0 Å². The maximum Gasteiger partial charge on any atom is 0.191 e. The molecule has 1 unspecified atom stereocenters. The molecule has 24 heavy (non-hydrogen) atoms. The van der Waals surface area contributed by atoms with Crippen molar-refractivity contribution in [2.75, 3.05) is 32.9 Å². The van der Waals surface area contributed by atoms with Crippen molar-refractivity contribution in [3.8, 4) is 0 Å². The lowest BCUT2D eigenvalue weighted by Crippen LogP contribution is -2.38. The summed E-state index contributed by atoms with van der Waals surface area (Å²) in [5, 5.41) is 9.86. The molecule has 1 aliphatic rings. The van der Waals surface area contributed by atoms with Gasteiger partial charge in [-0.05, 0) is 32.6 Å². The summed E-state index contributed by atoms with van der Waals surface area (Å²) in [4.78, 5) is 9.13. The number of aromatic nitrogens is 1. The molecule has 2 N–H and O–H groups in total. The van der Waals surface area contributed by atoms with Gasteiger partial charge in [-0.1, -0.05) is 6.92 Å². The average molecular weight is 355 g/mol. The summed E-state index contributed by atoms with van der Waals surface area (Å²) >= 11 is 1.70. The maximum atomic E-state index is 5.67. The zero-order valence-electron chi connectivity index (χ0n) is 14.8. The number of nitrogens with zero attached hydrogens (tertiary/aromatic N) is 2. The highest BCUT2D eigenvalue weighted by atomic mass is 32.1. The fourth-order valence-corrected chi connectivity index (χ4v) is 3.19. The van der Waals surface area contributed by atoms with Crippen LogP contribution in [-0.2, 0) is 22.4 Å². The third-order valence-electron chi connectivity index (χ3n) is 3.73. The van der Waals surface area contributed by atoms with Gasteiger partial charge in [0.25, 0.3) is 0 Å². The van der Waals surface area contributed by atoms with E-state index in [2.05, 4.69) is 39.8 Å². The Morgan fingerprint density at radius 1 is 1.46 bits per heavy atom. The van der Waals surface area contributed by atoms with Crippen molar-refractivity contribution in [3.63, 3.8) is 0 Å². The fraction of sp³-hybridized carbons (Fsp3) is 0.765. The number of hydrogen-bond acceptors (Lipinski definition) is 5. The second-order valence-corrected chi connectivity index (χ2v) is 6.71. The average Bonchev–Trinajstić information content (AvgIpc) is 3.27. The molecule has 0 aliphatic carbocycles. The van der Waals surface area contributed by atoms with Gasteiger partial charge in [0.05, 0.1) is 30.0 Å². The Morgan fingerprint density at radius 2 is 2.38 bits per heavy atom. The van der Waals surface area contributed by atoms with Gasteiger partial charge in [0.1, 0.15) is 0 Å². The summed E-state index contributed by atoms with van der Waals surface area (Å²) in [7, 11) is 0. The molecule has 0 amide bonds. The van der Waals surface area contributed by atoms with Crippen molar-refractivity contribution >= 4 is 17.3 Å². The third-order valence-corrected chi connectivity index (χ3v) is 4.77. The smallest absolute Gasteiger partial charge is 0.191 e. The molecule has 2 rings (SSSR count). The Morgan fingerprint density at radius 3 is 3.08 bits per heavy atom. The molecule has 1 aromatic heterocycles. The lowest BCUT2D eigenvalue weighted by Gasteiger charge is -2.12. The quantitative estimate of drug-likeness (QED) is 0.383. The van der Waals surface area contributed by atoms with Crippen LogP contribution in [0.15, 0.2) is 10.4 Å². The largest absolute Gasteiger partial charge is 0.379 e. The van der Waals surface area contributed by atoms with Crippen LogP contribution in [-0.4, -0.2) is 50.0 Å². The molecule has 0 radical (unpaired) electrons. The van der Waals surface area contributed by atoms with Crippen molar-refractivity contribution < 1.29 is 9.47 Å². The van der Waals surface area contributed by atoms with Gasteiger partial charge in [-0.15, -0.1) is 11.3 Å². The first-order valence-electron chi connectivity index (χ1n) is 8.96. The second-order valence-electron chi connectivity index (χ2n) is 5.77. The number of hydrogen-bond donors (Lipinski definition) is 2. The minimum atomic E-state index is 0.308. The molecule has 7 heteroatoms. The maximum absolute atomic E-state index is 5.67. The summed E-state index contributed by atoms with van der Waals surface area (Å²) in [6, 6.07) is 0. The number of rotatable bonds is 10. The van der Waals surface area contributed by atoms with Crippen molar-refractivity contribution in [1.29, 1.82) is 0 Å². The van der Waals surface area contributed by atoms with Crippen LogP contribution in [0.2, 0.25) is 0 Å². The summed E-state index contributed by atoms with van der Waals surface area (Å²) in [5.74, 6) is 0.836. The molecule has 0 bridgehead atoms. The molecule has 1 saturated heterocycles. The molecule has 6 nitrogen and oxygen atoms in total. The highest BCUT2D eigenvalue weighted by Gasteiger charge is 2.14. The van der Waals surface area contributed by atoms with Crippen LogP contribution in [0.25, 0.3) is 0 Å². The monoisotopic (exact) mass is 354 g/mol. The number of nitrogens with one attached hydrogen (secondary N) is 2. The molecule has 0 spiro atoms. The zero-order valence-corrected chi connectivity index (χ0v) is 15.7. The van der Waals surface area contributed by atoms with Crippen LogP contribution >= 0.6 is 11.3 Å². The van der Waals surface area contributed by atoms with E-state index in [1.54, 1.807) is 11.3 Å². The van der Waals surface area contributed by atoms with Gasteiger partial charge < -0.3 is 20.1 Å². The number of aryl methyl sites for hydroxylation is 1. The lowest BCUT2D eigenvalue weighted by molar-refractivity contribution is 0.0168. The fourth-order valence-electron chi connectivity index (χ4n) is 2.46. The zero-order chi connectivity index (χ0) is 17.0. The predicted octanol–water partition coefficient (Wildman–Crippen LogP) is 2.35. The van der Waals surface area contributed by atoms with Gasteiger partial charge >= 0.3 is 0 Å². The molecular weight excluding hydrogens is 324 g/mol. The number of ether oxygens (including phenoxy) is 2. The van der Waals surface area contributed by atoms with Crippen LogP contribution in [0, 0.1) is 0 Å². The van der Waals surface area contributed by atoms with Crippen molar-refractivity contribution in [3.05, 3.63) is 16.1 Å². The topological polar surface area (TPSA) is 67.8 Å². The van der Waals surface area contributed by atoms with Crippen LogP contribution < -0.4 is 10.6 Å². The van der Waals surface area contributed by atoms with E-state index in [1.807, 2.05) is 0 Å². The van der Waals surface area contributed by atoms with Crippen molar-refractivity contribution in [2.24, 2.45) is 4.99 Å². The molecule has 1 aromatic rings. The Kier molecular flexibility index (Phi) is 9.09. The second kappa shape index (κ2) is 11.4. The first kappa shape index (κ1) is 19.1. The van der Waals surface area contributed by atoms with E-state index in [1.165, 1.54) is 5.01 Å². The predicted molar refractivity (Wildman–Crippen MR) is 98.7 cm³/mol. The summed E-state index contributed by atoms with van der Waals surface area (Å²) < 4.78 is 11.2. The third kappa shape index (κ3) is 7.15. The highest BCUT2D eigenvalue weighted by Crippen LogP contribution is 2.12. The van der Waals surface area contributed by atoms with E-state index in [0.717, 1.165) is 70.2 Å². The minimum Gasteiger partial charge on any atom is -0.379 e. The van der Waals surface area contributed by atoms with Gasteiger partial charge in [0, 0.05) is 31.7 Å². The Bertz CT molecular complexity index is 487. The first-order chi connectivity index (χ1) is 11.8. The number of guanidine groups is 1. The standard InChI is InChI=1S/C17H30N4O2S/c1-3-16-21-14(13-24-16)11-20-17(18-4-2)19-8-6-9-22-12-15-7-5-10-23-15/h13,15H,3-12H2,1-2H3,(H2,18,19,20). The molecule has 0 saturated carbocycles. The molecule has 136 valence electrons. The molecule has 1 fully saturated rings. The number of aliphatic imine (C=N–C) groups is 1. The minimum absolute atomic E-state index is 0.308. The van der Waals surface area contributed by atoms with Crippen LogP contribution in [0.4, 0.5) is 0 Å². The van der Waals surface area contributed by atoms with E-state index in [4.69, 9.17) is 9.47 Å². The molecule has 1 atom stereocenters. The normalized spacial score (nSPS) is 18.1. The van der Waals surface area contributed by atoms with E-state index >= 15 is 0 Å². The van der Waals surface area contributed by atoms with Crippen LogP contribution in [0.5, 0.6) is 0 Å². The van der Waals surface area contributed by atoms with Gasteiger partial charge in [-0.2, -0.15) is 0 Å². The van der Waals surface area contributed by atoms with Crippen molar-refractivity contribution in [2.45, 2.75) is 52.2 Å². The van der Waals surface area contributed by atoms with E-state index in [-0.39, 0.29) is 0 Å². The van der Waals surface area contributed by atoms with E-state index in [0.29, 0.717) is 12.6 Å². The summed E-state index contributed by atoms with van der Waals surface area (Å²) in [6.45, 7) is 8.85. The Balaban J connectivity index is 1.61. The van der Waals surface area contributed by atoms with Crippen LogP contribution in [0.3, 0.4) is 0 Å². The first-order valence-corrected chi connectivity index (χ1v) is 9.84. The lowest BCUT2D eigenvalue weighted by atomic mass is 10.2. The van der Waals surface area contributed by atoms with E-state index < -0.39 is 0 Å². The van der Waals surface area contributed by atoms with Crippen molar-refractivity contribution in [1.82, 2.24) is 15.6 Å².